The van der Waals surface area contributed by atoms with Crippen molar-refractivity contribution < 1.29 is 28.2 Å². The van der Waals surface area contributed by atoms with E-state index in [1.807, 2.05) is 0 Å². The Hall–Kier alpha value is -1.39. The summed E-state index contributed by atoms with van der Waals surface area (Å²) in [5, 5.41) is 26.4. The van der Waals surface area contributed by atoms with Gasteiger partial charge in [-0.15, -0.1) is 0 Å². The van der Waals surface area contributed by atoms with Gasteiger partial charge in [-0.1, -0.05) is 0 Å². The Labute approximate surface area is 104 Å². The third-order valence-electron chi connectivity index (χ3n) is 1.91. The molecule has 0 bridgehead atoms. The Balaban J connectivity index is 3.92. The van der Waals surface area contributed by atoms with Crippen LogP contribution in [0.3, 0.4) is 0 Å². The van der Waals surface area contributed by atoms with Gasteiger partial charge in [0.2, 0.25) is 10.0 Å². The number of hydrogen-bond acceptors (Lipinski definition) is 5. The van der Waals surface area contributed by atoms with E-state index in [9.17, 15) is 18.0 Å². The number of carbonyl (C=O) groups is 2. The maximum atomic E-state index is 11.2. The molecular formula is C8H17N3O6S. The van der Waals surface area contributed by atoms with Gasteiger partial charge in [-0.25, -0.2) is 23.1 Å². The molecule has 0 saturated heterocycles. The molecule has 0 aliphatic heterocycles. The van der Waals surface area contributed by atoms with Gasteiger partial charge < -0.3 is 20.8 Å². The highest BCUT2D eigenvalue weighted by atomic mass is 32.2. The average molecular weight is 283 g/mol. The van der Waals surface area contributed by atoms with Gasteiger partial charge in [-0.05, 0) is 6.42 Å². The number of carboxylic acid groups (broad SMARTS) is 1. The zero-order valence-corrected chi connectivity index (χ0v) is 10.4. The number of primary sulfonamides is 1. The summed E-state index contributed by atoms with van der Waals surface area (Å²) >= 11 is 0. The zero-order valence-electron chi connectivity index (χ0n) is 9.63. The van der Waals surface area contributed by atoms with Gasteiger partial charge in [0, 0.05) is 19.6 Å². The topological polar surface area (TPSA) is 159 Å². The number of aliphatic carboxylic acids is 1. The van der Waals surface area contributed by atoms with Crippen LogP contribution in [0, 0.1) is 0 Å². The molecule has 106 valence electrons. The number of nitrogens with one attached hydrogen (secondary N) is 2. The molecule has 0 aliphatic rings. The van der Waals surface area contributed by atoms with Crippen LogP contribution in [0.4, 0.5) is 4.79 Å². The summed E-state index contributed by atoms with van der Waals surface area (Å²) < 4.78 is 21.1. The van der Waals surface area contributed by atoms with Gasteiger partial charge in [0.25, 0.3) is 0 Å². The molecule has 0 aromatic rings. The van der Waals surface area contributed by atoms with Crippen molar-refractivity contribution in [3.8, 4) is 0 Å². The molecular weight excluding hydrogens is 266 g/mol. The van der Waals surface area contributed by atoms with E-state index in [1.165, 1.54) is 0 Å². The van der Waals surface area contributed by atoms with E-state index in [2.05, 4.69) is 10.6 Å². The number of aliphatic hydroxyl groups excluding tert-OH is 1. The summed E-state index contributed by atoms with van der Waals surface area (Å²) in [5.74, 6) is -1.53. The molecule has 6 N–H and O–H groups in total. The molecule has 0 fully saturated rings. The van der Waals surface area contributed by atoms with Gasteiger partial charge in [0.05, 0.1) is 5.75 Å². The number of sulfonamides is 1. The Morgan fingerprint density at radius 1 is 1.33 bits per heavy atom. The molecule has 9 nitrogen and oxygen atoms in total. The molecule has 0 saturated carbocycles. The highest BCUT2D eigenvalue weighted by molar-refractivity contribution is 7.89. The summed E-state index contributed by atoms with van der Waals surface area (Å²) in [4.78, 5) is 21.8. The van der Waals surface area contributed by atoms with Crippen LogP contribution in [0.5, 0.6) is 0 Å². The van der Waals surface area contributed by atoms with Crippen LogP contribution in [0.2, 0.25) is 0 Å². The quantitative estimate of drug-likeness (QED) is 0.318. The number of nitrogens with two attached hydrogens (primary N) is 1. The Bertz CT molecular complexity index is 382. The smallest absolute Gasteiger partial charge is 0.326 e. The molecule has 0 radical (unpaired) electrons. The third-order valence-corrected chi connectivity index (χ3v) is 2.77. The predicted molar refractivity (Wildman–Crippen MR) is 62.3 cm³/mol. The van der Waals surface area contributed by atoms with Gasteiger partial charge in [-0.3, -0.25) is 0 Å². The maximum absolute atomic E-state index is 11.2. The fourth-order valence-electron chi connectivity index (χ4n) is 1.07. The van der Waals surface area contributed by atoms with E-state index >= 15 is 0 Å². The molecule has 10 heteroatoms. The van der Waals surface area contributed by atoms with E-state index in [0.717, 1.165) is 0 Å². The molecule has 0 rings (SSSR count). The first kappa shape index (κ1) is 16.6. The standard InChI is InChI=1S/C8H17N3O6S/c9-18(16,17)5-1-3-10-8(15)11-6(2-4-12)7(13)14/h6,12H,1-5H2,(H,13,14)(H2,9,16,17)(H2,10,11,15)/t6-/m1/s1. The lowest BCUT2D eigenvalue weighted by atomic mass is 10.2. The Morgan fingerprint density at radius 3 is 2.39 bits per heavy atom. The van der Waals surface area contributed by atoms with E-state index in [1.54, 1.807) is 0 Å². The van der Waals surface area contributed by atoms with Crippen molar-refractivity contribution in [3.63, 3.8) is 0 Å². The normalized spacial score (nSPS) is 12.8. The fourth-order valence-corrected chi connectivity index (χ4v) is 1.62. The number of amides is 2. The van der Waals surface area contributed by atoms with Crippen molar-refractivity contribution in [2.24, 2.45) is 5.14 Å². The second kappa shape index (κ2) is 7.84. The lowest BCUT2D eigenvalue weighted by molar-refractivity contribution is -0.139. The van der Waals surface area contributed by atoms with Crippen LogP contribution in [-0.2, 0) is 14.8 Å². The van der Waals surface area contributed by atoms with E-state index in [-0.39, 0.29) is 31.7 Å². The Morgan fingerprint density at radius 2 is 1.94 bits per heavy atom. The number of carbonyl (C=O) groups excluding carboxylic acids is 1. The van der Waals surface area contributed by atoms with Crippen LogP contribution in [-0.4, -0.2) is 55.6 Å². The second-order valence-electron chi connectivity index (χ2n) is 3.52. The molecule has 0 heterocycles. The van der Waals surface area contributed by atoms with Crippen molar-refractivity contribution >= 4 is 22.0 Å². The summed E-state index contributed by atoms with van der Waals surface area (Å²) in [6.07, 6.45) is 0.0178. The van der Waals surface area contributed by atoms with Crippen molar-refractivity contribution in [1.29, 1.82) is 0 Å². The summed E-state index contributed by atoms with van der Waals surface area (Å²) in [7, 11) is -3.57. The van der Waals surface area contributed by atoms with Gasteiger partial charge in [0.1, 0.15) is 6.04 Å². The average Bonchev–Trinajstić information content (AvgIpc) is 2.22. The number of rotatable bonds is 8. The third kappa shape index (κ3) is 8.73. The first-order chi connectivity index (χ1) is 8.26. The largest absolute Gasteiger partial charge is 0.480 e. The minimum absolute atomic E-state index is 0.0493. The monoisotopic (exact) mass is 283 g/mol. The molecule has 0 aromatic carbocycles. The van der Waals surface area contributed by atoms with Crippen LogP contribution >= 0.6 is 0 Å². The van der Waals surface area contributed by atoms with Crippen LogP contribution < -0.4 is 15.8 Å². The molecule has 2 amide bonds. The van der Waals surface area contributed by atoms with Gasteiger partial charge in [-0.2, -0.15) is 0 Å². The second-order valence-corrected chi connectivity index (χ2v) is 5.26. The zero-order chi connectivity index (χ0) is 14.2. The molecule has 0 aliphatic carbocycles. The van der Waals surface area contributed by atoms with Gasteiger partial charge >= 0.3 is 12.0 Å². The lowest BCUT2D eigenvalue weighted by Gasteiger charge is -2.13. The lowest BCUT2D eigenvalue weighted by Crippen LogP contribution is -2.46. The number of carboxylic acids is 1. The molecule has 1 atom stereocenters. The number of urea groups is 1. The van der Waals surface area contributed by atoms with E-state index < -0.39 is 28.1 Å². The fraction of sp³-hybridized carbons (Fsp3) is 0.750. The van der Waals surface area contributed by atoms with Crippen molar-refractivity contribution in [3.05, 3.63) is 0 Å². The minimum atomic E-state index is -3.57. The minimum Gasteiger partial charge on any atom is -0.480 e. The molecule has 0 aromatic heterocycles. The van der Waals surface area contributed by atoms with Crippen molar-refractivity contribution in [1.82, 2.24) is 10.6 Å². The Kier molecular flexibility index (Phi) is 7.24. The number of aliphatic hydroxyl groups is 1. The van der Waals surface area contributed by atoms with Crippen LogP contribution in [0.1, 0.15) is 12.8 Å². The highest BCUT2D eigenvalue weighted by Gasteiger charge is 2.18. The number of hydrogen-bond donors (Lipinski definition) is 5. The van der Waals surface area contributed by atoms with E-state index in [4.69, 9.17) is 15.4 Å². The van der Waals surface area contributed by atoms with Crippen LogP contribution in [0.25, 0.3) is 0 Å². The first-order valence-electron chi connectivity index (χ1n) is 5.14. The SMILES string of the molecule is NS(=O)(=O)CCCNC(=O)N[C@H](CCO)C(=O)O. The van der Waals surface area contributed by atoms with E-state index in [0.29, 0.717) is 0 Å². The summed E-state index contributed by atoms with van der Waals surface area (Å²) in [6.45, 7) is -0.323. The maximum Gasteiger partial charge on any atom is 0.326 e. The van der Waals surface area contributed by atoms with Gasteiger partial charge in [0.15, 0.2) is 0 Å². The van der Waals surface area contributed by atoms with Crippen molar-refractivity contribution in [2.75, 3.05) is 18.9 Å². The molecule has 0 unspecified atom stereocenters. The summed E-state index contributed by atoms with van der Waals surface area (Å²) in [5.41, 5.74) is 0. The van der Waals surface area contributed by atoms with Crippen LogP contribution in [0.15, 0.2) is 0 Å². The first-order valence-corrected chi connectivity index (χ1v) is 6.86. The van der Waals surface area contributed by atoms with Crippen molar-refractivity contribution in [2.45, 2.75) is 18.9 Å². The highest BCUT2D eigenvalue weighted by Crippen LogP contribution is 1.91. The molecule has 0 spiro atoms. The summed E-state index contributed by atoms with van der Waals surface area (Å²) in [6, 6.07) is -1.93. The molecule has 18 heavy (non-hydrogen) atoms. The predicted octanol–water partition coefficient (Wildman–Crippen LogP) is -2.20.